The fourth-order valence-corrected chi connectivity index (χ4v) is 3.82. The zero-order valence-electron chi connectivity index (χ0n) is 20.0. The monoisotopic (exact) mass is 488 g/mol. The number of cyclic esters (lactones) is 2. The van der Waals surface area contributed by atoms with Crippen LogP contribution in [0.5, 0.6) is 11.5 Å². The molecule has 0 aromatic heterocycles. The van der Waals surface area contributed by atoms with Crippen molar-refractivity contribution in [1.29, 1.82) is 0 Å². The minimum atomic E-state index is -0.663. The molecule has 4 aromatic rings. The molecule has 1 aliphatic heterocycles. The summed E-state index contributed by atoms with van der Waals surface area (Å²) in [6.45, 7) is 0.927. The topological polar surface area (TPSA) is 61.8 Å². The van der Waals surface area contributed by atoms with Crippen molar-refractivity contribution in [3.8, 4) is 11.5 Å². The average molecular weight is 489 g/mol. The van der Waals surface area contributed by atoms with Crippen LogP contribution in [0.4, 0.5) is 0 Å². The highest BCUT2D eigenvalue weighted by atomic mass is 16.6. The van der Waals surface area contributed by atoms with Crippen LogP contribution in [-0.2, 0) is 27.5 Å². The van der Waals surface area contributed by atoms with Crippen LogP contribution in [0.1, 0.15) is 22.3 Å². The maximum Gasteiger partial charge on any atom is 0.346 e. The number of hydrogen-bond donors (Lipinski definition) is 0. The smallest absolute Gasteiger partial charge is 0.346 e. The molecule has 0 unspecified atom stereocenters. The minimum absolute atomic E-state index is 0.215. The summed E-state index contributed by atoms with van der Waals surface area (Å²) in [5.74, 6) is 0.0924. The summed E-state index contributed by atoms with van der Waals surface area (Å²) in [6.07, 6.45) is 3.30. The number of rotatable bonds is 8. The summed E-state index contributed by atoms with van der Waals surface area (Å²) in [4.78, 5) is 24.8. The molecule has 0 radical (unpaired) electrons. The Balaban J connectivity index is 1.27. The molecule has 0 N–H and O–H groups in total. The van der Waals surface area contributed by atoms with Crippen molar-refractivity contribution in [2.45, 2.75) is 13.2 Å². The molecular formula is C32H24O5. The molecule has 4 aromatic carbocycles. The second-order valence-corrected chi connectivity index (χ2v) is 8.48. The van der Waals surface area contributed by atoms with Gasteiger partial charge in [-0.2, -0.15) is 0 Å². The normalized spacial score (nSPS) is 15.1. The Bertz CT molecular complexity index is 1320. The van der Waals surface area contributed by atoms with Crippen molar-refractivity contribution in [1.82, 2.24) is 0 Å². The van der Waals surface area contributed by atoms with Crippen LogP contribution in [-0.4, -0.2) is 11.9 Å². The second-order valence-electron chi connectivity index (χ2n) is 8.48. The van der Waals surface area contributed by atoms with Gasteiger partial charge in [0.05, 0.1) is 11.1 Å². The fraction of sp³-hybridized carbons (Fsp3) is 0.0625. The molecule has 0 amide bonds. The predicted molar refractivity (Wildman–Crippen MR) is 141 cm³/mol. The second kappa shape index (κ2) is 11.2. The Kier molecular flexibility index (Phi) is 7.23. The van der Waals surface area contributed by atoms with Crippen LogP contribution >= 0.6 is 0 Å². The number of esters is 2. The van der Waals surface area contributed by atoms with E-state index in [4.69, 9.17) is 14.2 Å². The quantitative estimate of drug-likeness (QED) is 0.163. The van der Waals surface area contributed by atoms with Gasteiger partial charge in [0.15, 0.2) is 0 Å². The molecule has 0 bridgehead atoms. The van der Waals surface area contributed by atoms with Crippen LogP contribution in [0.25, 0.3) is 12.2 Å². The molecule has 0 saturated carbocycles. The summed E-state index contributed by atoms with van der Waals surface area (Å²) < 4.78 is 16.5. The van der Waals surface area contributed by atoms with Crippen molar-refractivity contribution < 1.29 is 23.8 Å². The zero-order chi connectivity index (χ0) is 25.5. The largest absolute Gasteiger partial charge is 0.489 e. The highest BCUT2D eigenvalue weighted by Gasteiger charge is 2.33. The molecule has 0 spiro atoms. The van der Waals surface area contributed by atoms with E-state index in [1.165, 1.54) is 0 Å². The number of hydrogen-bond acceptors (Lipinski definition) is 5. The van der Waals surface area contributed by atoms with E-state index in [0.29, 0.717) is 24.7 Å². The SMILES string of the molecule is O=C1OC(=O)C(=C/c2ccc(OCc3ccccc3)cc2)/C1=C\c1ccc(OCc2ccccc2)cc1. The first-order valence-electron chi connectivity index (χ1n) is 11.9. The van der Waals surface area contributed by atoms with Crippen LogP contribution in [0, 0.1) is 0 Å². The van der Waals surface area contributed by atoms with Crippen LogP contribution in [0.3, 0.4) is 0 Å². The minimum Gasteiger partial charge on any atom is -0.489 e. The first kappa shape index (κ1) is 23.8. The maximum absolute atomic E-state index is 12.4. The third-order valence-corrected chi connectivity index (χ3v) is 5.79. The van der Waals surface area contributed by atoms with Crippen LogP contribution < -0.4 is 9.47 Å². The van der Waals surface area contributed by atoms with Gasteiger partial charge in [-0.25, -0.2) is 9.59 Å². The van der Waals surface area contributed by atoms with Crippen molar-refractivity contribution in [3.05, 3.63) is 143 Å². The predicted octanol–water partition coefficient (Wildman–Crippen LogP) is 6.40. The molecule has 1 saturated heterocycles. The van der Waals surface area contributed by atoms with Gasteiger partial charge >= 0.3 is 11.9 Å². The maximum atomic E-state index is 12.4. The highest BCUT2D eigenvalue weighted by Crippen LogP contribution is 2.28. The summed E-state index contributed by atoms with van der Waals surface area (Å²) in [5, 5.41) is 0. The zero-order valence-corrected chi connectivity index (χ0v) is 20.0. The number of carbonyl (C=O) groups is 2. The molecule has 5 nitrogen and oxygen atoms in total. The van der Waals surface area contributed by atoms with Crippen molar-refractivity contribution >= 4 is 24.1 Å². The number of benzene rings is 4. The lowest BCUT2D eigenvalue weighted by molar-refractivity contribution is -0.149. The van der Waals surface area contributed by atoms with Crippen molar-refractivity contribution in [2.24, 2.45) is 0 Å². The molecule has 1 heterocycles. The van der Waals surface area contributed by atoms with Gasteiger partial charge in [-0.15, -0.1) is 0 Å². The van der Waals surface area contributed by atoms with E-state index in [2.05, 4.69) is 0 Å². The Morgan fingerprint density at radius 2 is 0.892 bits per heavy atom. The third kappa shape index (κ3) is 6.21. The summed E-state index contributed by atoms with van der Waals surface area (Å²) in [7, 11) is 0. The van der Waals surface area contributed by atoms with Crippen molar-refractivity contribution in [3.63, 3.8) is 0 Å². The summed E-state index contributed by atoms with van der Waals surface area (Å²) in [5.41, 5.74) is 4.09. The molecule has 1 fully saturated rings. The Morgan fingerprint density at radius 3 is 1.27 bits per heavy atom. The third-order valence-electron chi connectivity index (χ3n) is 5.79. The average Bonchev–Trinajstić information content (AvgIpc) is 3.20. The molecule has 37 heavy (non-hydrogen) atoms. The van der Waals surface area contributed by atoms with Gasteiger partial charge in [0.2, 0.25) is 0 Å². The molecule has 0 aliphatic carbocycles. The first-order chi connectivity index (χ1) is 18.1. The highest BCUT2D eigenvalue weighted by molar-refractivity contribution is 6.22. The van der Waals surface area contributed by atoms with E-state index >= 15 is 0 Å². The Morgan fingerprint density at radius 1 is 0.514 bits per heavy atom. The molecule has 5 heteroatoms. The summed E-state index contributed by atoms with van der Waals surface area (Å²) in [6, 6.07) is 34.4. The van der Waals surface area contributed by atoms with Crippen LogP contribution in [0.15, 0.2) is 120 Å². The Labute approximate surface area is 215 Å². The van der Waals surface area contributed by atoms with E-state index in [1.807, 2.05) is 109 Å². The lowest BCUT2D eigenvalue weighted by Crippen LogP contribution is -1.97. The van der Waals surface area contributed by atoms with Crippen molar-refractivity contribution in [2.75, 3.05) is 0 Å². The van der Waals surface area contributed by atoms with Gasteiger partial charge in [0, 0.05) is 0 Å². The van der Waals surface area contributed by atoms with Gasteiger partial charge < -0.3 is 14.2 Å². The molecule has 1 aliphatic rings. The van der Waals surface area contributed by atoms with Gasteiger partial charge in [-0.3, -0.25) is 0 Å². The van der Waals surface area contributed by atoms with E-state index < -0.39 is 11.9 Å². The van der Waals surface area contributed by atoms with Gasteiger partial charge in [0.25, 0.3) is 0 Å². The number of carbonyl (C=O) groups excluding carboxylic acids is 2. The van der Waals surface area contributed by atoms with E-state index in [0.717, 1.165) is 22.3 Å². The van der Waals surface area contributed by atoms with E-state index in [-0.39, 0.29) is 11.1 Å². The molecular weight excluding hydrogens is 464 g/mol. The van der Waals surface area contributed by atoms with E-state index in [9.17, 15) is 9.59 Å². The van der Waals surface area contributed by atoms with Gasteiger partial charge in [-0.1, -0.05) is 84.9 Å². The molecule has 182 valence electrons. The fourth-order valence-electron chi connectivity index (χ4n) is 3.82. The van der Waals surface area contributed by atoms with Gasteiger partial charge in [0.1, 0.15) is 24.7 Å². The molecule has 5 rings (SSSR count). The molecule has 0 atom stereocenters. The lowest BCUT2D eigenvalue weighted by Gasteiger charge is -2.07. The Hall–Kier alpha value is -4.90. The number of ether oxygens (including phenoxy) is 3. The lowest BCUT2D eigenvalue weighted by atomic mass is 10.0. The van der Waals surface area contributed by atoms with Gasteiger partial charge in [-0.05, 0) is 58.7 Å². The van der Waals surface area contributed by atoms with E-state index in [1.54, 1.807) is 12.2 Å². The first-order valence-corrected chi connectivity index (χ1v) is 11.9. The van der Waals surface area contributed by atoms with Crippen LogP contribution in [0.2, 0.25) is 0 Å². The standard InChI is InChI=1S/C32H24O5/c33-31-29(19-23-11-15-27(16-12-23)35-21-25-7-3-1-4-8-25)30(32(34)37-31)20-24-13-17-28(18-14-24)36-22-26-9-5-2-6-10-26/h1-20H,21-22H2/b29-19+,30-20+. The summed E-state index contributed by atoms with van der Waals surface area (Å²) >= 11 is 0.